The molecule has 29 heavy (non-hydrogen) atoms. The van der Waals surface area contributed by atoms with Crippen molar-refractivity contribution in [3.8, 4) is 0 Å². The van der Waals surface area contributed by atoms with Gasteiger partial charge in [0.15, 0.2) is 0 Å². The quantitative estimate of drug-likeness (QED) is 0.566. The van der Waals surface area contributed by atoms with E-state index >= 15 is 0 Å². The molecule has 6 nitrogen and oxygen atoms in total. The second kappa shape index (κ2) is 8.82. The number of nitrogens with zero attached hydrogens (tertiary/aromatic N) is 1. The summed E-state index contributed by atoms with van der Waals surface area (Å²) >= 11 is 0. The highest BCUT2D eigenvalue weighted by molar-refractivity contribution is 5.85. The highest BCUT2D eigenvalue weighted by atomic mass is 16.2. The topological polar surface area (TPSA) is 77.2 Å². The molecule has 6 heteroatoms. The molecule has 4 rings (SSSR count). The molecule has 0 radical (unpaired) electrons. The molecular weight excluding hydrogens is 364 g/mol. The largest absolute Gasteiger partial charge is 0.362 e. The van der Waals surface area contributed by atoms with Gasteiger partial charge in [-0.05, 0) is 48.9 Å². The summed E-state index contributed by atoms with van der Waals surface area (Å²) in [5.41, 5.74) is 9.79. The van der Waals surface area contributed by atoms with Crippen molar-refractivity contribution in [3.05, 3.63) is 65.9 Å². The Morgan fingerprint density at radius 1 is 1.00 bits per heavy atom. The molecule has 1 aliphatic heterocycles. The van der Waals surface area contributed by atoms with Gasteiger partial charge < -0.3 is 9.88 Å². The Morgan fingerprint density at radius 2 is 1.79 bits per heavy atom. The van der Waals surface area contributed by atoms with Crippen LogP contribution in [0.15, 0.2) is 54.7 Å². The minimum Gasteiger partial charge on any atom is -0.362 e. The molecular formula is C23H26N4O2. The van der Waals surface area contributed by atoms with Crippen molar-refractivity contribution < 1.29 is 9.59 Å². The summed E-state index contributed by atoms with van der Waals surface area (Å²) in [5.74, 6) is -0.371. The van der Waals surface area contributed by atoms with Crippen LogP contribution < -0.4 is 15.8 Å². The van der Waals surface area contributed by atoms with Crippen molar-refractivity contribution in [2.45, 2.75) is 32.1 Å². The van der Waals surface area contributed by atoms with Crippen molar-refractivity contribution in [3.63, 3.8) is 0 Å². The third kappa shape index (κ3) is 4.59. The lowest BCUT2D eigenvalue weighted by atomic mass is 10.0. The standard InChI is InChI=1S/C23H26N4O2/c28-22(13-5-8-18-15-24-20-11-3-2-10-19(18)20)25-26-23(29)16-27-14-6-9-17-7-1-4-12-21(17)27/h1-4,7,10-12,15,24H,5-6,8-9,13-14,16H2,(H,25,28)(H,26,29). The first kappa shape index (κ1) is 19.1. The van der Waals surface area contributed by atoms with Gasteiger partial charge in [-0.25, -0.2) is 0 Å². The van der Waals surface area contributed by atoms with Crippen molar-refractivity contribution in [2.75, 3.05) is 18.0 Å². The Kier molecular flexibility index (Phi) is 5.79. The van der Waals surface area contributed by atoms with Crippen LogP contribution in [0.5, 0.6) is 0 Å². The zero-order chi connectivity index (χ0) is 20.1. The fourth-order valence-electron chi connectivity index (χ4n) is 3.97. The van der Waals surface area contributed by atoms with E-state index in [4.69, 9.17) is 0 Å². The molecule has 1 aliphatic rings. The van der Waals surface area contributed by atoms with Crippen LogP contribution >= 0.6 is 0 Å². The number of carbonyl (C=O) groups excluding carboxylic acids is 2. The van der Waals surface area contributed by atoms with Crippen molar-refractivity contribution in [1.29, 1.82) is 0 Å². The third-order valence-electron chi connectivity index (χ3n) is 5.41. The number of aromatic amines is 1. The van der Waals surface area contributed by atoms with E-state index in [1.54, 1.807) is 0 Å². The predicted molar refractivity (Wildman–Crippen MR) is 114 cm³/mol. The number of carbonyl (C=O) groups is 2. The number of anilines is 1. The molecule has 3 N–H and O–H groups in total. The van der Waals surface area contributed by atoms with Gasteiger partial charge in [0.25, 0.3) is 5.91 Å². The maximum absolute atomic E-state index is 12.3. The highest BCUT2D eigenvalue weighted by Gasteiger charge is 2.18. The number of rotatable bonds is 6. The predicted octanol–water partition coefficient (Wildman–Crippen LogP) is 3.09. The zero-order valence-corrected chi connectivity index (χ0v) is 16.4. The van der Waals surface area contributed by atoms with Gasteiger partial charge in [0, 0.05) is 35.8 Å². The Balaban J connectivity index is 1.20. The van der Waals surface area contributed by atoms with E-state index < -0.39 is 0 Å². The lowest BCUT2D eigenvalue weighted by molar-refractivity contribution is -0.128. The first-order valence-electron chi connectivity index (χ1n) is 10.2. The van der Waals surface area contributed by atoms with Crippen LogP contribution in [0.25, 0.3) is 10.9 Å². The van der Waals surface area contributed by atoms with Gasteiger partial charge in [0.2, 0.25) is 5.91 Å². The maximum atomic E-state index is 12.3. The van der Waals surface area contributed by atoms with Gasteiger partial charge >= 0.3 is 0 Å². The van der Waals surface area contributed by atoms with Gasteiger partial charge in [0.05, 0.1) is 6.54 Å². The molecule has 2 amide bonds. The maximum Gasteiger partial charge on any atom is 0.257 e. The molecule has 1 aromatic heterocycles. The monoisotopic (exact) mass is 390 g/mol. The lowest BCUT2D eigenvalue weighted by Crippen LogP contribution is -2.47. The first-order valence-corrected chi connectivity index (χ1v) is 10.2. The van der Waals surface area contributed by atoms with E-state index in [9.17, 15) is 9.59 Å². The van der Waals surface area contributed by atoms with E-state index in [-0.39, 0.29) is 18.4 Å². The van der Waals surface area contributed by atoms with Crippen molar-refractivity contribution >= 4 is 28.4 Å². The summed E-state index contributed by atoms with van der Waals surface area (Å²) in [6, 6.07) is 16.3. The number of hydrogen-bond acceptors (Lipinski definition) is 3. The summed E-state index contributed by atoms with van der Waals surface area (Å²) in [4.78, 5) is 29.7. The second-order valence-corrected chi connectivity index (χ2v) is 7.46. The number of hydrogen-bond donors (Lipinski definition) is 3. The van der Waals surface area contributed by atoms with Crippen LogP contribution in [-0.4, -0.2) is 29.9 Å². The molecule has 3 aromatic rings. The number of fused-ring (bicyclic) bond motifs is 2. The van der Waals surface area contributed by atoms with E-state index in [1.165, 1.54) is 16.5 Å². The Hall–Kier alpha value is -3.28. The summed E-state index contributed by atoms with van der Waals surface area (Å²) < 4.78 is 0. The van der Waals surface area contributed by atoms with Crippen LogP contribution in [0.3, 0.4) is 0 Å². The van der Waals surface area contributed by atoms with Crippen LogP contribution in [0.1, 0.15) is 30.4 Å². The zero-order valence-electron chi connectivity index (χ0n) is 16.4. The van der Waals surface area contributed by atoms with Crippen LogP contribution in [0.2, 0.25) is 0 Å². The molecule has 0 saturated heterocycles. The summed E-state index contributed by atoms with van der Waals surface area (Å²) in [6.45, 7) is 1.09. The molecule has 2 heterocycles. The van der Waals surface area contributed by atoms with Crippen LogP contribution in [0.4, 0.5) is 5.69 Å². The van der Waals surface area contributed by atoms with Gasteiger partial charge in [0.1, 0.15) is 0 Å². The van der Waals surface area contributed by atoms with Gasteiger partial charge in [-0.1, -0.05) is 36.4 Å². The summed E-state index contributed by atoms with van der Waals surface area (Å²) in [7, 11) is 0. The lowest BCUT2D eigenvalue weighted by Gasteiger charge is -2.30. The molecule has 150 valence electrons. The number of aromatic nitrogens is 1. The van der Waals surface area contributed by atoms with E-state index in [0.717, 1.165) is 43.4 Å². The Morgan fingerprint density at radius 3 is 2.72 bits per heavy atom. The molecule has 0 unspecified atom stereocenters. The number of amides is 2. The molecule has 0 saturated carbocycles. The molecule has 2 aromatic carbocycles. The van der Waals surface area contributed by atoms with Crippen molar-refractivity contribution in [1.82, 2.24) is 15.8 Å². The fraction of sp³-hybridized carbons (Fsp3) is 0.304. The van der Waals surface area contributed by atoms with Crippen LogP contribution in [0, 0.1) is 0 Å². The number of para-hydroxylation sites is 2. The molecule has 0 aliphatic carbocycles. The minimum absolute atomic E-state index is 0.169. The normalized spacial score (nSPS) is 13.2. The van der Waals surface area contributed by atoms with E-state index in [0.29, 0.717) is 6.42 Å². The molecule has 0 bridgehead atoms. The number of hydrazine groups is 1. The van der Waals surface area contributed by atoms with Crippen LogP contribution in [-0.2, 0) is 22.4 Å². The van der Waals surface area contributed by atoms with E-state index in [1.807, 2.05) is 42.6 Å². The van der Waals surface area contributed by atoms with E-state index in [2.05, 4.69) is 32.9 Å². The van der Waals surface area contributed by atoms with Crippen molar-refractivity contribution in [2.24, 2.45) is 0 Å². The number of aryl methyl sites for hydroxylation is 2. The smallest absolute Gasteiger partial charge is 0.257 e. The average molecular weight is 390 g/mol. The minimum atomic E-state index is -0.202. The summed E-state index contributed by atoms with van der Waals surface area (Å²) in [5, 5.41) is 1.20. The first-order chi connectivity index (χ1) is 14.2. The second-order valence-electron chi connectivity index (χ2n) is 7.46. The third-order valence-corrected chi connectivity index (χ3v) is 5.41. The van der Waals surface area contributed by atoms with Gasteiger partial charge in [-0.15, -0.1) is 0 Å². The molecule has 0 fully saturated rings. The highest BCUT2D eigenvalue weighted by Crippen LogP contribution is 2.26. The Labute approximate surface area is 170 Å². The fourth-order valence-corrected chi connectivity index (χ4v) is 3.97. The summed E-state index contributed by atoms with van der Waals surface area (Å²) in [6.07, 6.45) is 5.98. The van der Waals surface area contributed by atoms with Gasteiger partial charge in [-0.3, -0.25) is 20.4 Å². The Bertz CT molecular complexity index is 1010. The number of nitrogens with one attached hydrogen (secondary N) is 3. The SMILES string of the molecule is O=C(CCCc1c[nH]c2ccccc12)NNC(=O)CN1CCCc2ccccc21. The number of benzene rings is 2. The molecule has 0 spiro atoms. The van der Waals surface area contributed by atoms with Gasteiger partial charge in [-0.2, -0.15) is 0 Å². The molecule has 0 atom stereocenters. The average Bonchev–Trinajstić information content (AvgIpc) is 3.16. The number of H-pyrrole nitrogens is 1.